The molecule has 2 amide bonds. The number of alkyl halides is 3. The number of rotatable bonds is 6. The van der Waals surface area contributed by atoms with E-state index in [-0.39, 0.29) is 29.0 Å². The molecule has 5 rings (SSSR count). The molecule has 1 N–H and O–H groups in total. The first kappa shape index (κ1) is 26.3. The Morgan fingerprint density at radius 3 is 2.21 bits per heavy atom. The van der Waals surface area contributed by atoms with Gasteiger partial charge < -0.3 is 24.8 Å². The molecule has 3 aliphatic rings. The van der Waals surface area contributed by atoms with Gasteiger partial charge in [0.25, 0.3) is 11.8 Å². The fraction of sp³-hybridized carbons (Fsp3) is 0.500. The van der Waals surface area contributed by atoms with Crippen LogP contribution in [0.5, 0.6) is 5.75 Å². The van der Waals surface area contributed by atoms with Crippen LogP contribution in [0, 0.1) is 5.41 Å². The fourth-order valence-corrected chi connectivity index (χ4v) is 5.97. The number of carbonyl (C=O) groups is 2. The molecule has 0 radical (unpaired) electrons. The molecule has 2 aromatic carbocycles. The number of benzene rings is 2. The zero-order valence-corrected chi connectivity index (χ0v) is 21.5. The van der Waals surface area contributed by atoms with Crippen molar-refractivity contribution >= 4 is 17.5 Å². The summed E-state index contributed by atoms with van der Waals surface area (Å²) >= 11 is 0. The molecule has 1 spiro atoms. The van der Waals surface area contributed by atoms with Gasteiger partial charge in [-0.1, -0.05) is 13.3 Å². The highest BCUT2D eigenvalue weighted by Crippen LogP contribution is 2.46. The van der Waals surface area contributed by atoms with Crippen molar-refractivity contribution in [1.82, 2.24) is 15.1 Å². The van der Waals surface area contributed by atoms with Crippen LogP contribution >= 0.6 is 0 Å². The first-order valence-corrected chi connectivity index (χ1v) is 13.2. The zero-order chi connectivity index (χ0) is 26.9. The highest BCUT2D eigenvalue weighted by molar-refractivity contribution is 5.96. The minimum atomic E-state index is -4.77. The third-order valence-corrected chi connectivity index (χ3v) is 8.16. The lowest BCUT2D eigenvalue weighted by atomic mass is 9.74. The Hall–Kier alpha value is -3.27. The number of nitrogens with zero attached hydrogens (tertiary/aromatic N) is 3. The lowest BCUT2D eigenvalue weighted by Gasteiger charge is -2.51. The second-order valence-corrected chi connectivity index (χ2v) is 10.5. The number of piperazine rings is 1. The summed E-state index contributed by atoms with van der Waals surface area (Å²) < 4.78 is 41.0. The molecule has 7 nitrogen and oxygen atoms in total. The molecule has 3 fully saturated rings. The van der Waals surface area contributed by atoms with E-state index in [4.69, 9.17) is 0 Å². The van der Waals surface area contributed by atoms with E-state index >= 15 is 0 Å². The number of likely N-dealkylation sites (tertiary alicyclic amines) is 1. The number of anilines is 1. The van der Waals surface area contributed by atoms with Crippen molar-refractivity contribution in [1.29, 1.82) is 0 Å². The summed E-state index contributed by atoms with van der Waals surface area (Å²) in [6.07, 6.45) is -2.03. The number of likely N-dealkylation sites (N-methyl/N-ethyl adjacent to an activating group) is 1. The second-order valence-electron chi connectivity index (χ2n) is 10.5. The predicted molar refractivity (Wildman–Crippen MR) is 137 cm³/mol. The summed E-state index contributed by atoms with van der Waals surface area (Å²) in [4.78, 5) is 32.4. The van der Waals surface area contributed by atoms with Crippen molar-refractivity contribution in [3.8, 4) is 5.75 Å². The number of halogens is 3. The highest BCUT2D eigenvalue weighted by Gasteiger charge is 2.53. The van der Waals surface area contributed by atoms with E-state index in [1.165, 1.54) is 12.1 Å². The quantitative estimate of drug-likeness (QED) is 0.608. The van der Waals surface area contributed by atoms with Crippen LogP contribution < -0.4 is 15.0 Å². The largest absolute Gasteiger partial charge is 0.573 e. The van der Waals surface area contributed by atoms with Crippen molar-refractivity contribution in [2.45, 2.75) is 38.6 Å². The normalized spacial score (nSPS) is 21.3. The van der Waals surface area contributed by atoms with Crippen LogP contribution in [0.25, 0.3) is 0 Å². The summed E-state index contributed by atoms with van der Waals surface area (Å²) in [7, 11) is 0. The minimum absolute atomic E-state index is 0.0246. The maximum Gasteiger partial charge on any atom is 0.573 e. The van der Waals surface area contributed by atoms with Crippen LogP contribution in [0.3, 0.4) is 0 Å². The molecule has 1 atom stereocenters. The van der Waals surface area contributed by atoms with Gasteiger partial charge in [-0.25, -0.2) is 0 Å². The third-order valence-electron chi connectivity index (χ3n) is 8.16. The van der Waals surface area contributed by atoms with E-state index < -0.39 is 6.36 Å². The van der Waals surface area contributed by atoms with E-state index in [1.807, 2.05) is 24.3 Å². The first-order valence-electron chi connectivity index (χ1n) is 13.2. The smallest absolute Gasteiger partial charge is 0.406 e. The Morgan fingerprint density at radius 1 is 0.974 bits per heavy atom. The molecule has 1 aliphatic carbocycles. The minimum Gasteiger partial charge on any atom is -0.406 e. The summed E-state index contributed by atoms with van der Waals surface area (Å²) in [5, 5.41) is 3.21. The van der Waals surface area contributed by atoms with Gasteiger partial charge in [-0.05, 0) is 67.9 Å². The molecular weight excluding hydrogens is 497 g/mol. The van der Waals surface area contributed by atoms with E-state index in [2.05, 4.69) is 26.8 Å². The van der Waals surface area contributed by atoms with Crippen LogP contribution in [0.15, 0.2) is 48.5 Å². The standard InChI is InChI=1S/C28H33F3N4O3/c1-2-33-14-16-34(17-15-33)22-9-5-20(6-10-22)25(36)32-24-4-3-13-27(24)18-35(19-27)26(37)21-7-11-23(12-8-21)38-28(29,30)31/h5-12,24H,2-4,13-19H2,1H3,(H,32,36). The van der Waals surface area contributed by atoms with Gasteiger partial charge in [0.05, 0.1) is 0 Å². The van der Waals surface area contributed by atoms with Gasteiger partial charge in [0.2, 0.25) is 0 Å². The SMILES string of the molecule is CCN1CCN(c2ccc(C(=O)NC3CCCC34CN(C(=O)c3ccc(OC(F)(F)F)cc3)C4)cc2)CC1. The number of carbonyl (C=O) groups excluding carboxylic acids is 2. The Kier molecular flexibility index (Phi) is 7.26. The van der Waals surface area contributed by atoms with E-state index in [0.29, 0.717) is 24.2 Å². The Balaban J connectivity index is 1.15. The van der Waals surface area contributed by atoms with Gasteiger partial charge in [-0.2, -0.15) is 0 Å². The van der Waals surface area contributed by atoms with Crippen LogP contribution in [-0.2, 0) is 0 Å². The summed E-state index contributed by atoms with van der Waals surface area (Å²) in [5.41, 5.74) is 1.89. The fourth-order valence-electron chi connectivity index (χ4n) is 5.97. The molecule has 2 heterocycles. The average Bonchev–Trinajstić information content (AvgIpc) is 3.30. The van der Waals surface area contributed by atoms with Crippen molar-refractivity contribution < 1.29 is 27.5 Å². The van der Waals surface area contributed by atoms with Gasteiger partial charge in [0, 0.05) is 67.5 Å². The van der Waals surface area contributed by atoms with Gasteiger partial charge in [-0.3, -0.25) is 9.59 Å². The summed E-state index contributed by atoms with van der Waals surface area (Å²) in [6, 6.07) is 12.7. The first-order chi connectivity index (χ1) is 18.2. The van der Waals surface area contributed by atoms with Crippen LogP contribution in [0.1, 0.15) is 46.9 Å². The maximum absolute atomic E-state index is 13.1. The Bertz CT molecular complexity index is 1140. The van der Waals surface area contributed by atoms with Gasteiger partial charge in [0.1, 0.15) is 5.75 Å². The van der Waals surface area contributed by atoms with E-state index in [9.17, 15) is 22.8 Å². The average molecular weight is 531 g/mol. The van der Waals surface area contributed by atoms with Crippen LogP contribution in [0.2, 0.25) is 0 Å². The van der Waals surface area contributed by atoms with Crippen molar-refractivity contribution in [2.24, 2.45) is 5.41 Å². The predicted octanol–water partition coefficient (Wildman–Crippen LogP) is 4.15. The molecule has 0 bridgehead atoms. The van der Waals surface area contributed by atoms with E-state index in [0.717, 1.165) is 69.8 Å². The molecule has 2 saturated heterocycles. The number of nitrogens with one attached hydrogen (secondary N) is 1. The topological polar surface area (TPSA) is 65.1 Å². The van der Waals surface area contributed by atoms with Crippen molar-refractivity contribution in [3.05, 3.63) is 59.7 Å². The monoisotopic (exact) mass is 530 g/mol. The number of hydrogen-bond donors (Lipinski definition) is 1. The number of ether oxygens (including phenoxy) is 1. The van der Waals surface area contributed by atoms with Gasteiger partial charge >= 0.3 is 6.36 Å². The van der Waals surface area contributed by atoms with E-state index in [1.54, 1.807) is 4.90 Å². The highest BCUT2D eigenvalue weighted by atomic mass is 19.4. The second kappa shape index (κ2) is 10.5. The molecular formula is C28H33F3N4O3. The molecule has 1 unspecified atom stereocenters. The van der Waals surface area contributed by atoms with Gasteiger partial charge in [-0.15, -0.1) is 13.2 Å². The summed E-state index contributed by atoms with van der Waals surface area (Å²) in [5.74, 6) is -0.704. The lowest BCUT2D eigenvalue weighted by Crippen LogP contribution is -2.64. The zero-order valence-electron chi connectivity index (χ0n) is 21.5. The maximum atomic E-state index is 13.1. The third kappa shape index (κ3) is 5.60. The molecule has 204 valence electrons. The lowest BCUT2D eigenvalue weighted by molar-refractivity contribution is -0.274. The molecule has 1 saturated carbocycles. The molecule has 2 aliphatic heterocycles. The Morgan fingerprint density at radius 2 is 1.61 bits per heavy atom. The molecule has 0 aromatic heterocycles. The van der Waals surface area contributed by atoms with Crippen LogP contribution in [-0.4, -0.2) is 79.8 Å². The Labute approximate surface area is 220 Å². The van der Waals surface area contributed by atoms with Gasteiger partial charge in [0.15, 0.2) is 0 Å². The van der Waals surface area contributed by atoms with Crippen molar-refractivity contribution in [2.75, 3.05) is 50.7 Å². The molecule has 38 heavy (non-hydrogen) atoms. The van der Waals surface area contributed by atoms with Crippen LogP contribution in [0.4, 0.5) is 18.9 Å². The molecule has 10 heteroatoms. The number of hydrogen-bond acceptors (Lipinski definition) is 5. The molecule has 2 aromatic rings. The number of amides is 2. The summed E-state index contributed by atoms with van der Waals surface area (Å²) in [6.45, 7) is 8.31. The van der Waals surface area contributed by atoms with Crippen molar-refractivity contribution in [3.63, 3.8) is 0 Å².